The molecule has 1 aliphatic rings. The van der Waals surface area contributed by atoms with E-state index in [2.05, 4.69) is 76.2 Å². The average molecular weight is 377 g/mol. The second kappa shape index (κ2) is 9.14. The molecule has 3 rings (SSSR count). The van der Waals surface area contributed by atoms with Crippen LogP contribution in [0.25, 0.3) is 5.57 Å². The third-order valence-corrected chi connectivity index (χ3v) is 5.55. The molecule has 0 radical (unpaired) electrons. The van der Waals surface area contributed by atoms with Crippen LogP contribution in [-0.4, -0.2) is 5.11 Å². The van der Waals surface area contributed by atoms with Crippen LogP contribution in [-0.2, 0) is 13.0 Å². The molecular formula is C26H32O2. The predicted octanol–water partition coefficient (Wildman–Crippen LogP) is 7.09. The van der Waals surface area contributed by atoms with Gasteiger partial charge in [0.2, 0.25) is 0 Å². The SMILES string of the molecule is CCC/C=C1/c2ccccc2COc2ccc(CC(O)=CC(C)C(C)C)cc21. The number of aliphatic hydroxyl groups is 1. The van der Waals surface area contributed by atoms with Gasteiger partial charge >= 0.3 is 0 Å². The van der Waals surface area contributed by atoms with E-state index < -0.39 is 0 Å². The highest BCUT2D eigenvalue weighted by atomic mass is 16.5. The van der Waals surface area contributed by atoms with Gasteiger partial charge in [-0.1, -0.05) is 70.5 Å². The molecule has 0 fully saturated rings. The number of rotatable bonds is 6. The number of unbranched alkanes of at least 4 members (excludes halogenated alkanes) is 1. The van der Waals surface area contributed by atoms with Crippen LogP contribution in [0.2, 0.25) is 0 Å². The molecule has 0 bridgehead atoms. The van der Waals surface area contributed by atoms with Crippen LogP contribution >= 0.6 is 0 Å². The minimum absolute atomic E-state index is 0.357. The molecule has 2 nitrogen and oxygen atoms in total. The highest BCUT2D eigenvalue weighted by Crippen LogP contribution is 2.38. The zero-order valence-electron chi connectivity index (χ0n) is 17.5. The maximum Gasteiger partial charge on any atom is 0.127 e. The fraction of sp³-hybridized carbons (Fsp3) is 0.385. The number of fused-ring (bicyclic) bond motifs is 2. The summed E-state index contributed by atoms with van der Waals surface area (Å²) in [6.07, 6.45) is 7.00. The fourth-order valence-corrected chi connectivity index (χ4v) is 3.51. The van der Waals surface area contributed by atoms with Gasteiger partial charge in [-0.15, -0.1) is 0 Å². The molecule has 2 heteroatoms. The van der Waals surface area contributed by atoms with Crippen molar-refractivity contribution < 1.29 is 9.84 Å². The first-order valence-corrected chi connectivity index (χ1v) is 10.4. The summed E-state index contributed by atoms with van der Waals surface area (Å²) in [6, 6.07) is 14.8. The van der Waals surface area contributed by atoms with Crippen LogP contribution in [0, 0.1) is 11.8 Å². The lowest BCUT2D eigenvalue weighted by molar-refractivity contribution is 0.307. The van der Waals surface area contributed by atoms with E-state index in [0.717, 1.165) is 29.7 Å². The molecule has 0 aliphatic carbocycles. The normalized spacial score (nSPS) is 16.3. The van der Waals surface area contributed by atoms with Crippen molar-refractivity contribution in [1.82, 2.24) is 0 Å². The fourth-order valence-electron chi connectivity index (χ4n) is 3.51. The first-order valence-electron chi connectivity index (χ1n) is 10.4. The Morgan fingerprint density at radius 2 is 1.89 bits per heavy atom. The van der Waals surface area contributed by atoms with E-state index in [1.807, 2.05) is 6.08 Å². The molecule has 0 spiro atoms. The summed E-state index contributed by atoms with van der Waals surface area (Å²) in [4.78, 5) is 0. The molecular weight excluding hydrogens is 344 g/mol. The molecule has 0 aromatic heterocycles. The maximum absolute atomic E-state index is 10.5. The van der Waals surface area contributed by atoms with Crippen molar-refractivity contribution in [2.24, 2.45) is 11.8 Å². The van der Waals surface area contributed by atoms with E-state index in [0.29, 0.717) is 30.6 Å². The van der Waals surface area contributed by atoms with Crippen LogP contribution in [0.1, 0.15) is 62.8 Å². The summed E-state index contributed by atoms with van der Waals surface area (Å²) < 4.78 is 6.12. The molecule has 1 heterocycles. The van der Waals surface area contributed by atoms with Crippen LogP contribution < -0.4 is 4.74 Å². The van der Waals surface area contributed by atoms with E-state index in [-0.39, 0.29) is 0 Å². The lowest BCUT2D eigenvalue weighted by atomic mass is 9.91. The van der Waals surface area contributed by atoms with E-state index >= 15 is 0 Å². The third-order valence-electron chi connectivity index (χ3n) is 5.55. The van der Waals surface area contributed by atoms with E-state index in [1.165, 1.54) is 16.7 Å². The van der Waals surface area contributed by atoms with Crippen molar-refractivity contribution in [2.45, 2.75) is 53.6 Å². The number of hydrogen-bond donors (Lipinski definition) is 1. The minimum atomic E-state index is 0.357. The largest absolute Gasteiger partial charge is 0.512 e. The first kappa shape index (κ1) is 20.3. The quantitative estimate of drug-likeness (QED) is 0.545. The molecule has 2 aromatic carbocycles. The van der Waals surface area contributed by atoms with Gasteiger partial charge in [0.1, 0.15) is 12.4 Å². The molecule has 0 amide bonds. The number of benzene rings is 2. The summed E-state index contributed by atoms with van der Waals surface area (Å²) in [7, 11) is 0. The Morgan fingerprint density at radius 3 is 2.64 bits per heavy atom. The predicted molar refractivity (Wildman–Crippen MR) is 118 cm³/mol. The van der Waals surface area contributed by atoms with Gasteiger partial charge in [0, 0.05) is 12.0 Å². The molecule has 1 atom stereocenters. The van der Waals surface area contributed by atoms with Gasteiger partial charge < -0.3 is 9.84 Å². The maximum atomic E-state index is 10.5. The lowest BCUT2D eigenvalue weighted by Gasteiger charge is -2.14. The molecule has 1 N–H and O–H groups in total. The second-order valence-corrected chi connectivity index (χ2v) is 8.12. The summed E-state index contributed by atoms with van der Waals surface area (Å²) in [6.45, 7) is 9.29. The second-order valence-electron chi connectivity index (χ2n) is 8.12. The Morgan fingerprint density at radius 1 is 1.11 bits per heavy atom. The highest BCUT2D eigenvalue weighted by Gasteiger charge is 2.19. The van der Waals surface area contributed by atoms with Gasteiger partial charge in [0.25, 0.3) is 0 Å². The number of hydrogen-bond acceptors (Lipinski definition) is 2. The van der Waals surface area contributed by atoms with Crippen molar-refractivity contribution in [3.8, 4) is 5.75 Å². The highest BCUT2D eigenvalue weighted by molar-refractivity contribution is 5.85. The Hall–Kier alpha value is -2.48. The number of aliphatic hydroxyl groups excluding tert-OH is 1. The zero-order valence-corrected chi connectivity index (χ0v) is 17.5. The van der Waals surface area contributed by atoms with Crippen molar-refractivity contribution in [3.63, 3.8) is 0 Å². The van der Waals surface area contributed by atoms with Gasteiger partial charge in [-0.2, -0.15) is 0 Å². The molecule has 1 unspecified atom stereocenters. The summed E-state index contributed by atoms with van der Waals surface area (Å²) in [5, 5.41) is 10.5. The summed E-state index contributed by atoms with van der Waals surface area (Å²) in [5.74, 6) is 2.23. The molecule has 28 heavy (non-hydrogen) atoms. The van der Waals surface area contributed by atoms with E-state index in [4.69, 9.17) is 4.74 Å². The number of allylic oxidation sites excluding steroid dienone is 3. The Labute approximate surface area is 169 Å². The van der Waals surface area contributed by atoms with Gasteiger partial charge in [0.15, 0.2) is 0 Å². The lowest BCUT2D eigenvalue weighted by Crippen LogP contribution is -2.02. The van der Waals surface area contributed by atoms with E-state index in [9.17, 15) is 5.11 Å². The van der Waals surface area contributed by atoms with Crippen LogP contribution in [0.4, 0.5) is 0 Å². The standard InChI is InChI=1S/C26H32O2/c1-5-6-10-24-23-11-8-7-9-21(23)17-28-26-13-12-20(16-25(24)26)15-22(27)14-19(4)18(2)3/h7-14,16,18-19,27H,5-6,15,17H2,1-4H3/b22-14?,24-10-. The molecule has 0 saturated carbocycles. The summed E-state index contributed by atoms with van der Waals surface area (Å²) >= 11 is 0. The molecule has 0 saturated heterocycles. The summed E-state index contributed by atoms with van der Waals surface area (Å²) in [5.41, 5.74) is 5.94. The van der Waals surface area contributed by atoms with Gasteiger partial charge in [-0.05, 0) is 58.7 Å². The van der Waals surface area contributed by atoms with Gasteiger partial charge in [-0.3, -0.25) is 0 Å². The molecule has 148 valence electrons. The van der Waals surface area contributed by atoms with Crippen molar-refractivity contribution in [1.29, 1.82) is 0 Å². The van der Waals surface area contributed by atoms with Crippen LogP contribution in [0.5, 0.6) is 5.75 Å². The van der Waals surface area contributed by atoms with Crippen LogP contribution in [0.15, 0.2) is 60.4 Å². The van der Waals surface area contributed by atoms with Crippen LogP contribution in [0.3, 0.4) is 0 Å². The molecule has 1 aliphatic heterocycles. The van der Waals surface area contributed by atoms with Crippen molar-refractivity contribution in [2.75, 3.05) is 0 Å². The average Bonchev–Trinajstić information content (AvgIpc) is 2.82. The van der Waals surface area contributed by atoms with E-state index in [1.54, 1.807) is 0 Å². The minimum Gasteiger partial charge on any atom is -0.512 e. The van der Waals surface area contributed by atoms with Gasteiger partial charge in [-0.25, -0.2) is 0 Å². The topological polar surface area (TPSA) is 29.5 Å². The zero-order chi connectivity index (χ0) is 20.1. The Kier molecular flexibility index (Phi) is 6.61. The first-order chi connectivity index (χ1) is 13.5. The Balaban J connectivity index is 1.98. The monoisotopic (exact) mass is 376 g/mol. The van der Waals surface area contributed by atoms with Gasteiger partial charge in [0.05, 0.1) is 5.76 Å². The Bertz CT molecular complexity index is 874. The smallest absolute Gasteiger partial charge is 0.127 e. The molecule has 2 aromatic rings. The van der Waals surface area contributed by atoms with Crippen molar-refractivity contribution >= 4 is 5.57 Å². The third kappa shape index (κ3) is 4.67. The van der Waals surface area contributed by atoms with Crippen molar-refractivity contribution in [3.05, 3.63) is 82.6 Å². The number of ether oxygens (including phenoxy) is 1.